The van der Waals surface area contributed by atoms with Gasteiger partial charge in [0.25, 0.3) is 5.91 Å². The van der Waals surface area contributed by atoms with Crippen LogP contribution in [0, 0.1) is 6.92 Å². The summed E-state index contributed by atoms with van der Waals surface area (Å²) >= 11 is 0. The fourth-order valence-electron chi connectivity index (χ4n) is 2.69. The average Bonchev–Trinajstić information content (AvgIpc) is 2.83. The van der Waals surface area contributed by atoms with Crippen molar-refractivity contribution in [3.05, 3.63) is 59.7 Å². The summed E-state index contributed by atoms with van der Waals surface area (Å²) in [6.07, 6.45) is -4.65. The molecular weight excluding hydrogens is 333 g/mol. The maximum absolute atomic E-state index is 12.8. The van der Waals surface area contributed by atoms with Crippen molar-refractivity contribution < 1.29 is 22.8 Å². The van der Waals surface area contributed by atoms with E-state index in [1.165, 1.54) is 12.1 Å². The van der Waals surface area contributed by atoms with Crippen LogP contribution in [0.1, 0.15) is 17.5 Å². The van der Waals surface area contributed by atoms with Gasteiger partial charge in [0.2, 0.25) is 5.91 Å². The zero-order valence-electron chi connectivity index (χ0n) is 13.3. The highest BCUT2D eigenvalue weighted by molar-refractivity contribution is 6.23. The Labute approximate surface area is 142 Å². The van der Waals surface area contributed by atoms with Crippen molar-refractivity contribution in [2.24, 2.45) is 0 Å². The van der Waals surface area contributed by atoms with E-state index in [-0.39, 0.29) is 12.1 Å². The maximum Gasteiger partial charge on any atom is 0.416 e. The molecule has 0 spiro atoms. The summed E-state index contributed by atoms with van der Waals surface area (Å²) < 4.78 is 38.5. The van der Waals surface area contributed by atoms with E-state index < -0.39 is 29.6 Å². The molecule has 3 rings (SSSR count). The van der Waals surface area contributed by atoms with Crippen LogP contribution in [-0.2, 0) is 15.8 Å². The van der Waals surface area contributed by atoms with Gasteiger partial charge in [-0.3, -0.25) is 9.59 Å². The first-order valence-corrected chi connectivity index (χ1v) is 7.63. The molecule has 0 aromatic heterocycles. The Morgan fingerprint density at radius 1 is 1.08 bits per heavy atom. The number of carbonyl (C=O) groups excluding carboxylic acids is 2. The third-order valence-corrected chi connectivity index (χ3v) is 3.97. The van der Waals surface area contributed by atoms with Crippen LogP contribution in [0.4, 0.5) is 24.5 Å². The highest BCUT2D eigenvalue weighted by atomic mass is 19.4. The summed E-state index contributed by atoms with van der Waals surface area (Å²) in [5, 5.41) is 2.96. The fraction of sp³-hybridized carbons (Fsp3) is 0.222. The topological polar surface area (TPSA) is 49.4 Å². The molecule has 0 saturated carbocycles. The van der Waals surface area contributed by atoms with Gasteiger partial charge in [-0.2, -0.15) is 13.2 Å². The number of benzene rings is 2. The number of halogens is 3. The Bertz CT molecular complexity index is 816. The van der Waals surface area contributed by atoms with Crippen LogP contribution >= 0.6 is 0 Å². The Balaban J connectivity index is 1.83. The van der Waals surface area contributed by atoms with Gasteiger partial charge in [-0.1, -0.05) is 23.8 Å². The first-order valence-electron chi connectivity index (χ1n) is 7.63. The molecule has 0 unspecified atom stereocenters. The lowest BCUT2D eigenvalue weighted by Gasteiger charge is -2.17. The van der Waals surface area contributed by atoms with Crippen LogP contribution in [0.15, 0.2) is 48.5 Å². The molecule has 25 heavy (non-hydrogen) atoms. The van der Waals surface area contributed by atoms with Crippen molar-refractivity contribution >= 4 is 23.2 Å². The number of imide groups is 1. The van der Waals surface area contributed by atoms with Crippen LogP contribution in [0.25, 0.3) is 0 Å². The zero-order valence-corrected chi connectivity index (χ0v) is 13.3. The normalized spacial score (nSPS) is 17.9. The van der Waals surface area contributed by atoms with Gasteiger partial charge in [0.1, 0.15) is 6.04 Å². The summed E-state index contributed by atoms with van der Waals surface area (Å²) in [7, 11) is 0. The molecule has 130 valence electrons. The van der Waals surface area contributed by atoms with Crippen LogP contribution in [0.5, 0.6) is 0 Å². The molecule has 1 saturated heterocycles. The minimum Gasteiger partial charge on any atom is -0.373 e. The molecule has 1 heterocycles. The van der Waals surface area contributed by atoms with Crippen molar-refractivity contribution in [2.75, 3.05) is 10.2 Å². The van der Waals surface area contributed by atoms with Gasteiger partial charge in [-0.05, 0) is 37.3 Å². The van der Waals surface area contributed by atoms with Crippen molar-refractivity contribution in [2.45, 2.75) is 25.6 Å². The van der Waals surface area contributed by atoms with Gasteiger partial charge in [0.05, 0.1) is 17.7 Å². The molecule has 1 atom stereocenters. The lowest BCUT2D eigenvalue weighted by atomic mass is 10.2. The first-order chi connectivity index (χ1) is 11.8. The van der Waals surface area contributed by atoms with E-state index in [1.807, 2.05) is 19.1 Å². The lowest BCUT2D eigenvalue weighted by Crippen LogP contribution is -2.35. The summed E-state index contributed by atoms with van der Waals surface area (Å²) in [5.74, 6) is -1.10. The predicted molar refractivity (Wildman–Crippen MR) is 87.1 cm³/mol. The second kappa shape index (κ2) is 6.23. The van der Waals surface area contributed by atoms with E-state index in [2.05, 4.69) is 5.32 Å². The Kier molecular flexibility index (Phi) is 4.24. The van der Waals surface area contributed by atoms with E-state index in [1.54, 1.807) is 12.1 Å². The molecule has 0 radical (unpaired) electrons. The Morgan fingerprint density at radius 3 is 2.40 bits per heavy atom. The number of anilines is 2. The zero-order chi connectivity index (χ0) is 18.2. The van der Waals surface area contributed by atoms with Crippen molar-refractivity contribution in [3.63, 3.8) is 0 Å². The van der Waals surface area contributed by atoms with Crippen molar-refractivity contribution in [1.29, 1.82) is 0 Å². The van der Waals surface area contributed by atoms with Crippen LogP contribution in [0.2, 0.25) is 0 Å². The van der Waals surface area contributed by atoms with Gasteiger partial charge in [0, 0.05) is 5.69 Å². The second-order valence-corrected chi connectivity index (χ2v) is 5.88. The standard InChI is InChI=1S/C18H15F3N2O2/c1-11-5-7-13(8-6-11)22-15-10-16(24)23(17(15)25)14-4-2-3-12(9-14)18(19,20)21/h2-9,15,22H,10H2,1H3/t15-/m0/s1. The largest absolute Gasteiger partial charge is 0.416 e. The van der Waals surface area contributed by atoms with Gasteiger partial charge in [-0.15, -0.1) is 0 Å². The van der Waals surface area contributed by atoms with E-state index >= 15 is 0 Å². The number of aryl methyl sites for hydroxylation is 1. The number of nitrogens with zero attached hydrogens (tertiary/aromatic N) is 1. The molecule has 0 aliphatic carbocycles. The summed E-state index contributed by atoms with van der Waals surface area (Å²) in [5.41, 5.74) is 0.742. The Hall–Kier alpha value is -2.83. The van der Waals surface area contributed by atoms with Crippen molar-refractivity contribution in [3.8, 4) is 0 Å². The third-order valence-electron chi connectivity index (χ3n) is 3.97. The van der Waals surface area contributed by atoms with Gasteiger partial charge >= 0.3 is 6.18 Å². The summed E-state index contributed by atoms with van der Waals surface area (Å²) in [6.45, 7) is 1.92. The second-order valence-electron chi connectivity index (χ2n) is 5.88. The van der Waals surface area contributed by atoms with E-state index in [9.17, 15) is 22.8 Å². The van der Waals surface area contributed by atoms with Gasteiger partial charge in [0.15, 0.2) is 0 Å². The summed E-state index contributed by atoms with van der Waals surface area (Å²) in [6, 6.07) is 10.7. The van der Waals surface area contributed by atoms with Gasteiger partial charge < -0.3 is 5.32 Å². The number of alkyl halides is 3. The fourth-order valence-corrected chi connectivity index (χ4v) is 2.69. The Morgan fingerprint density at radius 2 is 1.76 bits per heavy atom. The monoisotopic (exact) mass is 348 g/mol. The predicted octanol–water partition coefficient (Wildman–Crippen LogP) is 3.76. The maximum atomic E-state index is 12.8. The number of hydrogen-bond acceptors (Lipinski definition) is 3. The van der Waals surface area contributed by atoms with Gasteiger partial charge in [-0.25, -0.2) is 4.90 Å². The molecule has 0 bridgehead atoms. The molecule has 2 aromatic carbocycles. The van der Waals surface area contributed by atoms with E-state index in [4.69, 9.17) is 0 Å². The third kappa shape index (κ3) is 3.50. The number of rotatable bonds is 3. The molecule has 2 aromatic rings. The van der Waals surface area contributed by atoms with Crippen LogP contribution < -0.4 is 10.2 Å². The average molecular weight is 348 g/mol. The van der Waals surface area contributed by atoms with E-state index in [0.29, 0.717) is 5.69 Å². The molecular formula is C18H15F3N2O2. The number of carbonyl (C=O) groups is 2. The SMILES string of the molecule is Cc1ccc(N[C@H]2CC(=O)N(c3cccc(C(F)(F)F)c3)C2=O)cc1. The highest BCUT2D eigenvalue weighted by Gasteiger charge is 2.40. The van der Waals surface area contributed by atoms with Crippen LogP contribution in [-0.4, -0.2) is 17.9 Å². The first kappa shape index (κ1) is 17.0. The van der Waals surface area contributed by atoms with Crippen LogP contribution in [0.3, 0.4) is 0 Å². The molecule has 7 heteroatoms. The molecule has 1 N–H and O–H groups in total. The van der Waals surface area contributed by atoms with E-state index in [0.717, 1.165) is 22.6 Å². The quantitative estimate of drug-likeness (QED) is 0.860. The number of nitrogens with one attached hydrogen (secondary N) is 1. The molecule has 1 aliphatic heterocycles. The molecule has 4 nitrogen and oxygen atoms in total. The van der Waals surface area contributed by atoms with Crippen molar-refractivity contribution in [1.82, 2.24) is 0 Å². The molecule has 1 aliphatic rings. The number of hydrogen-bond donors (Lipinski definition) is 1. The molecule has 1 fully saturated rings. The minimum absolute atomic E-state index is 0.0713. The minimum atomic E-state index is -4.54. The lowest BCUT2D eigenvalue weighted by molar-refractivity contribution is -0.137. The summed E-state index contributed by atoms with van der Waals surface area (Å²) in [4.78, 5) is 25.5. The number of amides is 2. The smallest absolute Gasteiger partial charge is 0.373 e. The highest BCUT2D eigenvalue weighted by Crippen LogP contribution is 2.33. The molecule has 2 amide bonds.